The summed E-state index contributed by atoms with van der Waals surface area (Å²) in [5.74, 6) is 0.0673. The Labute approximate surface area is 107 Å². The van der Waals surface area contributed by atoms with Crippen LogP contribution in [0.4, 0.5) is 0 Å². The van der Waals surface area contributed by atoms with Gasteiger partial charge in [0.25, 0.3) is 0 Å². The van der Waals surface area contributed by atoms with Crippen molar-refractivity contribution in [3.05, 3.63) is 29.3 Å². The normalized spacial score (nSPS) is 19.8. The van der Waals surface area contributed by atoms with E-state index in [9.17, 15) is 9.90 Å². The summed E-state index contributed by atoms with van der Waals surface area (Å²) in [5, 5.41) is 10.0. The summed E-state index contributed by atoms with van der Waals surface area (Å²) in [7, 11) is 2.93. The third kappa shape index (κ3) is 2.34. The van der Waals surface area contributed by atoms with Gasteiger partial charge in [0, 0.05) is 5.92 Å². The zero-order valence-corrected chi connectivity index (χ0v) is 10.7. The van der Waals surface area contributed by atoms with E-state index in [-0.39, 0.29) is 5.92 Å². The minimum Gasteiger partial charge on any atom is -0.497 e. The molecule has 2 atom stereocenters. The second-order valence-corrected chi connectivity index (χ2v) is 4.53. The van der Waals surface area contributed by atoms with Gasteiger partial charge < -0.3 is 14.6 Å². The Hall–Kier alpha value is -1.55. The number of ether oxygens (including phenoxy) is 2. The van der Waals surface area contributed by atoms with Crippen molar-refractivity contribution in [2.75, 3.05) is 14.2 Å². The smallest absolute Gasteiger partial charge is 0.335 e. The highest BCUT2D eigenvalue weighted by atomic mass is 16.5. The van der Waals surface area contributed by atoms with Crippen LogP contribution in [-0.4, -0.2) is 31.4 Å². The molecule has 0 aromatic heterocycles. The summed E-state index contributed by atoms with van der Waals surface area (Å²) in [4.78, 5) is 11.4. The minimum absolute atomic E-state index is 0.174. The topological polar surface area (TPSA) is 55.8 Å². The molecule has 0 fully saturated rings. The van der Waals surface area contributed by atoms with Crippen LogP contribution in [0.15, 0.2) is 18.2 Å². The molecule has 0 radical (unpaired) electrons. The number of aliphatic hydroxyl groups is 1. The molecule has 0 aliphatic heterocycles. The Morgan fingerprint density at radius 1 is 1.44 bits per heavy atom. The first kappa shape index (κ1) is 12.9. The van der Waals surface area contributed by atoms with Gasteiger partial charge in [0.1, 0.15) is 5.75 Å². The summed E-state index contributed by atoms with van der Waals surface area (Å²) in [6.45, 7) is 0. The predicted octanol–water partition coefficient (Wildman–Crippen LogP) is 1.65. The van der Waals surface area contributed by atoms with Crippen LogP contribution < -0.4 is 4.74 Å². The van der Waals surface area contributed by atoms with E-state index in [1.165, 1.54) is 7.11 Å². The average molecular weight is 250 g/mol. The first-order chi connectivity index (χ1) is 8.67. The van der Waals surface area contributed by atoms with E-state index in [0.29, 0.717) is 0 Å². The van der Waals surface area contributed by atoms with Crippen LogP contribution in [0.1, 0.15) is 29.9 Å². The zero-order chi connectivity index (χ0) is 13.1. The lowest BCUT2D eigenvalue weighted by molar-refractivity contribution is -0.151. The molecule has 0 spiro atoms. The summed E-state index contributed by atoms with van der Waals surface area (Å²) >= 11 is 0. The van der Waals surface area contributed by atoms with Crippen molar-refractivity contribution >= 4 is 5.97 Å². The van der Waals surface area contributed by atoms with Crippen LogP contribution in [0, 0.1) is 0 Å². The Bertz CT molecular complexity index is 441. The van der Waals surface area contributed by atoms with E-state index in [4.69, 9.17) is 4.74 Å². The van der Waals surface area contributed by atoms with Crippen molar-refractivity contribution in [2.24, 2.45) is 0 Å². The average Bonchev–Trinajstić information content (AvgIpc) is 2.44. The number of methoxy groups -OCH3 is 2. The molecule has 1 aromatic carbocycles. The summed E-state index contributed by atoms with van der Waals surface area (Å²) in [6.07, 6.45) is 1.63. The molecule has 4 nitrogen and oxygen atoms in total. The van der Waals surface area contributed by atoms with Gasteiger partial charge in [0.15, 0.2) is 6.10 Å². The van der Waals surface area contributed by atoms with Crippen LogP contribution in [0.2, 0.25) is 0 Å². The van der Waals surface area contributed by atoms with Gasteiger partial charge in [-0.2, -0.15) is 0 Å². The number of carbonyl (C=O) groups is 1. The van der Waals surface area contributed by atoms with Gasteiger partial charge in [-0.25, -0.2) is 4.79 Å². The molecular formula is C14H18O4. The van der Waals surface area contributed by atoms with Crippen molar-refractivity contribution in [3.63, 3.8) is 0 Å². The third-order valence-electron chi connectivity index (χ3n) is 3.53. The second-order valence-electron chi connectivity index (χ2n) is 4.53. The van der Waals surface area contributed by atoms with E-state index >= 15 is 0 Å². The van der Waals surface area contributed by atoms with E-state index in [2.05, 4.69) is 4.74 Å². The van der Waals surface area contributed by atoms with Crippen molar-refractivity contribution in [2.45, 2.75) is 31.3 Å². The number of fused-ring (bicyclic) bond motifs is 1. The van der Waals surface area contributed by atoms with Crippen LogP contribution in [0.3, 0.4) is 0 Å². The maximum Gasteiger partial charge on any atom is 0.335 e. The molecule has 98 valence electrons. The van der Waals surface area contributed by atoms with E-state index < -0.39 is 12.1 Å². The number of benzene rings is 1. The second kappa shape index (κ2) is 5.40. The quantitative estimate of drug-likeness (QED) is 0.829. The fourth-order valence-electron chi connectivity index (χ4n) is 2.57. The molecule has 2 rings (SSSR count). The van der Waals surface area contributed by atoms with E-state index in [1.54, 1.807) is 7.11 Å². The molecule has 0 bridgehead atoms. The summed E-state index contributed by atoms with van der Waals surface area (Å²) in [5.41, 5.74) is 2.17. The molecule has 4 heteroatoms. The van der Waals surface area contributed by atoms with Gasteiger partial charge in [-0.15, -0.1) is 0 Å². The molecule has 18 heavy (non-hydrogen) atoms. The number of hydrogen-bond donors (Lipinski definition) is 1. The van der Waals surface area contributed by atoms with Crippen molar-refractivity contribution in [1.29, 1.82) is 0 Å². The molecule has 0 saturated carbocycles. The standard InChI is InChI=1S/C14H18O4/c1-17-10-6-7-11-9(8-10)4-3-5-12(11)13(15)14(16)18-2/h6-8,12-13,15H,3-5H2,1-2H3. The Morgan fingerprint density at radius 2 is 2.22 bits per heavy atom. The van der Waals surface area contributed by atoms with Gasteiger partial charge in [0.2, 0.25) is 0 Å². The molecule has 2 unspecified atom stereocenters. The number of carbonyl (C=O) groups excluding carboxylic acids is 1. The molecule has 1 aromatic rings. The number of rotatable bonds is 3. The van der Waals surface area contributed by atoms with Crippen molar-refractivity contribution in [3.8, 4) is 5.75 Å². The molecule has 1 aliphatic rings. The first-order valence-electron chi connectivity index (χ1n) is 6.10. The largest absolute Gasteiger partial charge is 0.497 e. The zero-order valence-electron chi connectivity index (χ0n) is 10.7. The monoisotopic (exact) mass is 250 g/mol. The van der Waals surface area contributed by atoms with Crippen molar-refractivity contribution in [1.82, 2.24) is 0 Å². The maximum atomic E-state index is 11.4. The predicted molar refractivity (Wildman–Crippen MR) is 66.7 cm³/mol. The van der Waals surface area contributed by atoms with Crippen LogP contribution in [0.5, 0.6) is 5.75 Å². The Balaban J connectivity index is 2.30. The van der Waals surface area contributed by atoms with Gasteiger partial charge in [-0.05, 0) is 42.5 Å². The van der Waals surface area contributed by atoms with Crippen LogP contribution >= 0.6 is 0 Å². The van der Waals surface area contributed by atoms with E-state index in [0.717, 1.165) is 36.1 Å². The highest BCUT2D eigenvalue weighted by Crippen LogP contribution is 2.36. The molecular weight excluding hydrogens is 232 g/mol. The van der Waals surface area contributed by atoms with Crippen LogP contribution in [0.25, 0.3) is 0 Å². The summed E-state index contributed by atoms with van der Waals surface area (Å²) < 4.78 is 9.80. The molecule has 0 saturated heterocycles. The number of hydrogen-bond acceptors (Lipinski definition) is 4. The van der Waals surface area contributed by atoms with Crippen molar-refractivity contribution < 1.29 is 19.4 Å². The lowest BCUT2D eigenvalue weighted by Crippen LogP contribution is -2.31. The van der Waals surface area contributed by atoms with Gasteiger partial charge >= 0.3 is 5.97 Å². The summed E-state index contributed by atoms with van der Waals surface area (Å²) in [6, 6.07) is 5.77. The molecule has 0 amide bonds. The molecule has 1 aliphatic carbocycles. The lowest BCUT2D eigenvalue weighted by atomic mass is 9.79. The van der Waals surface area contributed by atoms with Gasteiger partial charge in [-0.1, -0.05) is 6.07 Å². The van der Waals surface area contributed by atoms with Crippen LogP contribution in [-0.2, 0) is 16.0 Å². The minimum atomic E-state index is -1.08. The van der Waals surface area contributed by atoms with Gasteiger partial charge in [-0.3, -0.25) is 0 Å². The number of esters is 1. The number of aliphatic hydroxyl groups excluding tert-OH is 1. The van der Waals surface area contributed by atoms with E-state index in [1.807, 2.05) is 18.2 Å². The fraction of sp³-hybridized carbons (Fsp3) is 0.500. The van der Waals surface area contributed by atoms with Gasteiger partial charge in [0.05, 0.1) is 14.2 Å². The maximum absolute atomic E-state index is 11.4. The molecule has 1 N–H and O–H groups in total. The SMILES string of the molecule is COC(=O)C(O)C1CCCc2cc(OC)ccc21. The first-order valence-corrected chi connectivity index (χ1v) is 6.10. The molecule has 0 heterocycles. The number of aryl methyl sites for hydroxylation is 1. The lowest BCUT2D eigenvalue weighted by Gasteiger charge is -2.28. The highest BCUT2D eigenvalue weighted by molar-refractivity contribution is 5.75. The Morgan fingerprint density at radius 3 is 2.89 bits per heavy atom. The highest BCUT2D eigenvalue weighted by Gasteiger charge is 2.31. The fourth-order valence-corrected chi connectivity index (χ4v) is 2.57. The Kier molecular flexibility index (Phi) is 3.87. The third-order valence-corrected chi connectivity index (χ3v) is 3.53.